The summed E-state index contributed by atoms with van der Waals surface area (Å²) in [6.45, 7) is 6.46. The lowest BCUT2D eigenvalue weighted by molar-refractivity contribution is -0.0252. The summed E-state index contributed by atoms with van der Waals surface area (Å²) in [4.78, 5) is 2.53. The molecule has 1 heterocycles. The fourth-order valence-electron chi connectivity index (χ4n) is 3.49. The number of nitrogens with two attached hydrogens (primary N) is 1. The van der Waals surface area contributed by atoms with Crippen LogP contribution in [0.1, 0.15) is 39.0 Å². The van der Waals surface area contributed by atoms with Crippen molar-refractivity contribution in [1.29, 1.82) is 0 Å². The summed E-state index contributed by atoms with van der Waals surface area (Å²) in [5.74, 6) is 0.392. The average molecular weight is 256 g/mol. The fourth-order valence-corrected chi connectivity index (χ4v) is 3.49. The van der Waals surface area contributed by atoms with Crippen LogP contribution in [0.3, 0.4) is 0 Å². The summed E-state index contributed by atoms with van der Waals surface area (Å²) in [5, 5.41) is 10.4. The molecule has 1 aliphatic heterocycles. The monoisotopic (exact) mass is 256 g/mol. The third-order valence-corrected chi connectivity index (χ3v) is 4.86. The third-order valence-electron chi connectivity index (χ3n) is 4.86. The van der Waals surface area contributed by atoms with Crippen LogP contribution in [-0.4, -0.2) is 54.5 Å². The van der Waals surface area contributed by atoms with Crippen molar-refractivity contribution >= 4 is 0 Å². The van der Waals surface area contributed by atoms with Crippen LogP contribution in [0.2, 0.25) is 0 Å². The highest BCUT2D eigenvalue weighted by Gasteiger charge is 2.39. The Kier molecular flexibility index (Phi) is 5.01. The number of morpholine rings is 1. The minimum Gasteiger partial charge on any atom is -0.388 e. The third kappa shape index (κ3) is 3.05. The zero-order valence-corrected chi connectivity index (χ0v) is 11.6. The number of nitrogens with zero attached hydrogens (tertiary/aromatic N) is 1. The van der Waals surface area contributed by atoms with Crippen molar-refractivity contribution in [3.05, 3.63) is 0 Å². The van der Waals surface area contributed by atoms with Crippen LogP contribution in [-0.2, 0) is 4.74 Å². The van der Waals surface area contributed by atoms with Crippen LogP contribution < -0.4 is 5.73 Å². The highest BCUT2D eigenvalue weighted by Crippen LogP contribution is 2.37. The van der Waals surface area contributed by atoms with Gasteiger partial charge in [-0.25, -0.2) is 0 Å². The lowest BCUT2D eigenvalue weighted by Gasteiger charge is -2.37. The number of hydrogen-bond acceptors (Lipinski definition) is 4. The van der Waals surface area contributed by atoms with Crippen molar-refractivity contribution in [2.24, 2.45) is 11.7 Å². The molecule has 0 aromatic carbocycles. The first-order valence-corrected chi connectivity index (χ1v) is 7.44. The molecule has 18 heavy (non-hydrogen) atoms. The molecule has 0 radical (unpaired) electrons. The van der Waals surface area contributed by atoms with Crippen molar-refractivity contribution in [2.75, 3.05) is 32.8 Å². The fraction of sp³-hybridized carbons (Fsp3) is 1.00. The van der Waals surface area contributed by atoms with E-state index in [2.05, 4.69) is 11.8 Å². The van der Waals surface area contributed by atoms with Gasteiger partial charge < -0.3 is 15.6 Å². The average Bonchev–Trinajstić information content (AvgIpc) is 2.79. The van der Waals surface area contributed by atoms with Gasteiger partial charge in [0.2, 0.25) is 0 Å². The second kappa shape index (κ2) is 6.33. The second-order valence-electron chi connectivity index (χ2n) is 5.86. The highest BCUT2D eigenvalue weighted by atomic mass is 16.5. The molecule has 1 saturated carbocycles. The smallest absolute Gasteiger partial charge is 0.0797 e. The maximum absolute atomic E-state index is 10.4. The molecule has 0 spiro atoms. The maximum atomic E-state index is 10.4. The van der Waals surface area contributed by atoms with Gasteiger partial charge in [0.05, 0.1) is 18.8 Å². The Morgan fingerprint density at radius 1 is 1.50 bits per heavy atom. The molecule has 106 valence electrons. The topological polar surface area (TPSA) is 58.7 Å². The summed E-state index contributed by atoms with van der Waals surface area (Å²) in [7, 11) is 0. The van der Waals surface area contributed by atoms with Crippen molar-refractivity contribution in [1.82, 2.24) is 4.90 Å². The van der Waals surface area contributed by atoms with Gasteiger partial charge in [-0.15, -0.1) is 0 Å². The Morgan fingerprint density at radius 2 is 2.33 bits per heavy atom. The van der Waals surface area contributed by atoms with E-state index in [1.54, 1.807) is 0 Å². The van der Waals surface area contributed by atoms with E-state index in [0.29, 0.717) is 18.5 Å². The largest absolute Gasteiger partial charge is 0.388 e. The first kappa shape index (κ1) is 14.3. The first-order valence-electron chi connectivity index (χ1n) is 7.44. The normalized spacial score (nSPS) is 38.2. The van der Waals surface area contributed by atoms with Gasteiger partial charge >= 0.3 is 0 Å². The van der Waals surface area contributed by atoms with Crippen molar-refractivity contribution in [3.8, 4) is 0 Å². The van der Waals surface area contributed by atoms with Gasteiger partial charge in [0, 0.05) is 19.1 Å². The molecule has 0 amide bonds. The minimum absolute atomic E-state index is 0.392. The Bertz CT molecular complexity index is 262. The Balaban J connectivity index is 1.83. The number of ether oxygens (including phenoxy) is 1. The maximum Gasteiger partial charge on any atom is 0.0797 e. The van der Waals surface area contributed by atoms with Gasteiger partial charge in [-0.3, -0.25) is 4.90 Å². The second-order valence-corrected chi connectivity index (χ2v) is 5.86. The SMILES string of the molecule is CCC1COCCN1CCC1CCCC1(O)CN. The van der Waals surface area contributed by atoms with Crippen LogP contribution in [0.25, 0.3) is 0 Å². The van der Waals surface area contributed by atoms with E-state index in [1.165, 1.54) is 0 Å². The molecule has 1 aliphatic carbocycles. The van der Waals surface area contributed by atoms with Gasteiger partial charge in [-0.2, -0.15) is 0 Å². The molecule has 0 aromatic rings. The lowest BCUT2D eigenvalue weighted by Crippen LogP contribution is -2.47. The molecule has 0 bridgehead atoms. The molecule has 3 N–H and O–H groups in total. The van der Waals surface area contributed by atoms with E-state index < -0.39 is 5.60 Å². The Labute approximate surface area is 110 Å². The highest BCUT2D eigenvalue weighted by molar-refractivity contribution is 4.93. The quantitative estimate of drug-likeness (QED) is 0.770. The summed E-state index contributed by atoms with van der Waals surface area (Å²) in [6, 6.07) is 0.561. The van der Waals surface area contributed by atoms with E-state index in [9.17, 15) is 5.11 Å². The molecule has 4 nitrogen and oxygen atoms in total. The van der Waals surface area contributed by atoms with Crippen molar-refractivity contribution in [3.63, 3.8) is 0 Å². The van der Waals surface area contributed by atoms with Gasteiger partial charge in [-0.05, 0) is 38.1 Å². The van der Waals surface area contributed by atoms with E-state index in [-0.39, 0.29) is 0 Å². The van der Waals surface area contributed by atoms with Crippen LogP contribution >= 0.6 is 0 Å². The molecule has 3 unspecified atom stereocenters. The van der Waals surface area contributed by atoms with E-state index in [0.717, 1.165) is 58.4 Å². The Hall–Kier alpha value is -0.160. The molecule has 0 aromatic heterocycles. The van der Waals surface area contributed by atoms with E-state index >= 15 is 0 Å². The van der Waals surface area contributed by atoms with Crippen LogP contribution in [0.5, 0.6) is 0 Å². The zero-order chi connectivity index (χ0) is 13.0. The van der Waals surface area contributed by atoms with Crippen LogP contribution in [0.15, 0.2) is 0 Å². The number of aliphatic hydroxyl groups is 1. The van der Waals surface area contributed by atoms with Gasteiger partial charge in [0.25, 0.3) is 0 Å². The van der Waals surface area contributed by atoms with Crippen molar-refractivity contribution < 1.29 is 9.84 Å². The van der Waals surface area contributed by atoms with E-state index in [1.807, 2.05) is 0 Å². The van der Waals surface area contributed by atoms with Gasteiger partial charge in [0.15, 0.2) is 0 Å². The zero-order valence-electron chi connectivity index (χ0n) is 11.6. The lowest BCUT2D eigenvalue weighted by atomic mass is 9.88. The molecule has 2 aliphatic rings. The minimum atomic E-state index is -0.589. The summed E-state index contributed by atoms with van der Waals surface area (Å²) < 4.78 is 5.53. The standard InChI is InChI=1S/C14H28N2O2/c1-2-13-10-18-9-8-16(13)7-5-12-4-3-6-14(12,17)11-15/h12-13,17H,2-11,15H2,1H3. The summed E-state index contributed by atoms with van der Waals surface area (Å²) >= 11 is 0. The van der Waals surface area contributed by atoms with Gasteiger partial charge in [0.1, 0.15) is 0 Å². The van der Waals surface area contributed by atoms with Crippen molar-refractivity contribution in [2.45, 2.75) is 50.7 Å². The Morgan fingerprint density at radius 3 is 3.06 bits per heavy atom. The molecule has 2 fully saturated rings. The summed E-state index contributed by atoms with van der Waals surface area (Å²) in [5.41, 5.74) is 5.15. The summed E-state index contributed by atoms with van der Waals surface area (Å²) in [6.07, 6.45) is 5.36. The van der Waals surface area contributed by atoms with Crippen LogP contribution in [0, 0.1) is 5.92 Å². The number of hydrogen-bond donors (Lipinski definition) is 2. The predicted molar refractivity (Wildman–Crippen MR) is 72.4 cm³/mol. The van der Waals surface area contributed by atoms with E-state index in [4.69, 9.17) is 10.5 Å². The van der Waals surface area contributed by atoms with Crippen LogP contribution in [0.4, 0.5) is 0 Å². The predicted octanol–water partition coefficient (Wildman–Crippen LogP) is 0.977. The number of rotatable bonds is 5. The molecular weight excluding hydrogens is 228 g/mol. The van der Waals surface area contributed by atoms with Gasteiger partial charge in [-0.1, -0.05) is 13.3 Å². The molecule has 2 rings (SSSR count). The molecular formula is C14H28N2O2. The molecule has 1 saturated heterocycles. The first-order chi connectivity index (χ1) is 8.69. The molecule has 4 heteroatoms. The molecule has 3 atom stereocenters.